The van der Waals surface area contributed by atoms with Gasteiger partial charge in [0.2, 0.25) is 0 Å². The van der Waals surface area contributed by atoms with Crippen molar-refractivity contribution >= 4 is 0 Å². The van der Waals surface area contributed by atoms with Crippen molar-refractivity contribution in [3.05, 3.63) is 71.7 Å². The molecule has 2 nitrogen and oxygen atoms in total. The second-order valence-corrected chi connectivity index (χ2v) is 3.92. The summed E-state index contributed by atoms with van der Waals surface area (Å²) in [6.45, 7) is 0.699. The molecule has 0 amide bonds. The molecule has 80 valence electrons. The Morgan fingerprint density at radius 3 is 2.56 bits per heavy atom. The summed E-state index contributed by atoms with van der Waals surface area (Å²) in [4.78, 5) is 0. The molecule has 1 aromatic rings. The Hall–Kier alpha value is -1.96. The number of hydrogen-bond acceptors (Lipinski definition) is 2. The molecule has 0 saturated carbocycles. The molecule has 1 saturated heterocycles. The molecule has 1 aliphatic carbocycles. The van der Waals surface area contributed by atoms with Crippen LogP contribution in [0.4, 0.5) is 0 Å². The van der Waals surface area contributed by atoms with Crippen LogP contribution in [0.15, 0.2) is 66.1 Å². The van der Waals surface area contributed by atoms with Crippen LogP contribution in [0.3, 0.4) is 0 Å². The average Bonchev–Trinajstić information content (AvgIpc) is 3.01. The molecule has 16 heavy (non-hydrogen) atoms. The largest absolute Gasteiger partial charge is 0.476 e. The molecule has 0 radical (unpaired) electrons. The lowest BCUT2D eigenvalue weighted by Gasteiger charge is -2.07. The fourth-order valence-electron chi connectivity index (χ4n) is 1.97. The van der Waals surface area contributed by atoms with Gasteiger partial charge in [-0.1, -0.05) is 42.5 Å². The second kappa shape index (κ2) is 3.89. The first-order valence-corrected chi connectivity index (χ1v) is 5.47. The van der Waals surface area contributed by atoms with Crippen LogP contribution in [0.5, 0.6) is 0 Å². The summed E-state index contributed by atoms with van der Waals surface area (Å²) in [7, 11) is 0. The van der Waals surface area contributed by atoms with Crippen molar-refractivity contribution in [1.82, 2.24) is 5.32 Å². The zero-order valence-corrected chi connectivity index (χ0v) is 8.89. The van der Waals surface area contributed by atoms with Gasteiger partial charge in [0.05, 0.1) is 6.04 Å². The lowest BCUT2D eigenvalue weighted by atomic mass is 10.1. The fourth-order valence-corrected chi connectivity index (χ4v) is 1.97. The van der Waals surface area contributed by atoms with Gasteiger partial charge in [-0.2, -0.15) is 0 Å². The lowest BCUT2D eigenvalue weighted by molar-refractivity contribution is 0.253. The number of allylic oxidation sites excluding steroid dienone is 5. The average molecular weight is 211 g/mol. The van der Waals surface area contributed by atoms with Crippen molar-refractivity contribution in [3.8, 4) is 0 Å². The molecule has 3 rings (SSSR count). The molecular formula is C14H13NO. The number of rotatable bonds is 1. The molecule has 2 heteroatoms. The molecule has 1 N–H and O–H groups in total. The summed E-state index contributed by atoms with van der Waals surface area (Å²) in [5.74, 6) is 0.888. The third-order valence-corrected chi connectivity index (χ3v) is 2.83. The van der Waals surface area contributed by atoms with E-state index in [1.165, 1.54) is 5.56 Å². The predicted octanol–water partition coefficient (Wildman–Crippen LogP) is 2.69. The molecule has 0 bridgehead atoms. The zero-order valence-electron chi connectivity index (χ0n) is 8.89. The summed E-state index contributed by atoms with van der Waals surface area (Å²) < 4.78 is 5.67. The minimum Gasteiger partial charge on any atom is -0.476 e. The van der Waals surface area contributed by atoms with Crippen LogP contribution in [0, 0.1) is 0 Å². The molecule has 0 spiro atoms. The third kappa shape index (κ3) is 1.63. The topological polar surface area (TPSA) is 21.3 Å². The van der Waals surface area contributed by atoms with Crippen molar-refractivity contribution < 1.29 is 4.74 Å². The molecule has 0 aromatic heterocycles. The number of nitrogens with one attached hydrogen (secondary N) is 1. The number of benzene rings is 1. The molecular weight excluding hydrogens is 198 g/mol. The van der Waals surface area contributed by atoms with E-state index >= 15 is 0 Å². The molecule has 1 aromatic carbocycles. The Morgan fingerprint density at radius 2 is 1.81 bits per heavy atom. The first-order chi connectivity index (χ1) is 7.93. The van der Waals surface area contributed by atoms with Crippen LogP contribution in [0.1, 0.15) is 11.6 Å². The van der Waals surface area contributed by atoms with Crippen molar-refractivity contribution in [1.29, 1.82) is 0 Å². The van der Waals surface area contributed by atoms with Crippen molar-refractivity contribution in [3.63, 3.8) is 0 Å². The van der Waals surface area contributed by atoms with E-state index in [0.717, 1.165) is 11.5 Å². The van der Waals surface area contributed by atoms with E-state index in [2.05, 4.69) is 41.7 Å². The molecule has 1 fully saturated rings. The van der Waals surface area contributed by atoms with Gasteiger partial charge in [-0.25, -0.2) is 0 Å². The van der Waals surface area contributed by atoms with E-state index in [1.54, 1.807) is 0 Å². The minimum absolute atomic E-state index is 0.270. The van der Waals surface area contributed by atoms with Crippen LogP contribution < -0.4 is 5.32 Å². The quantitative estimate of drug-likeness (QED) is 0.771. The molecule has 1 atom stereocenters. The van der Waals surface area contributed by atoms with Gasteiger partial charge in [0.25, 0.3) is 0 Å². The van der Waals surface area contributed by atoms with Gasteiger partial charge in [-0.05, 0) is 17.7 Å². The van der Waals surface area contributed by atoms with Crippen molar-refractivity contribution in [2.24, 2.45) is 0 Å². The highest BCUT2D eigenvalue weighted by molar-refractivity contribution is 5.42. The normalized spacial score (nSPS) is 22.4. The highest BCUT2D eigenvalue weighted by atomic mass is 16.5. The van der Waals surface area contributed by atoms with Crippen LogP contribution in [-0.2, 0) is 4.74 Å². The maximum Gasteiger partial charge on any atom is 0.194 e. The maximum atomic E-state index is 5.67. The van der Waals surface area contributed by atoms with E-state index in [1.807, 2.05) is 18.2 Å². The Balaban J connectivity index is 1.82. The highest BCUT2D eigenvalue weighted by Crippen LogP contribution is 2.25. The van der Waals surface area contributed by atoms with Gasteiger partial charge in [0, 0.05) is 5.57 Å². The van der Waals surface area contributed by atoms with Gasteiger partial charge in [-0.15, -0.1) is 0 Å². The summed E-state index contributed by atoms with van der Waals surface area (Å²) >= 11 is 0. The van der Waals surface area contributed by atoms with E-state index in [-0.39, 0.29) is 6.04 Å². The SMILES string of the molecule is C1=CC(=C2NC(c3ccccc3)CO2)C=C1. The number of hydrogen-bond donors (Lipinski definition) is 1. The molecule has 2 aliphatic rings. The van der Waals surface area contributed by atoms with Gasteiger partial charge >= 0.3 is 0 Å². The summed E-state index contributed by atoms with van der Waals surface area (Å²) in [5.41, 5.74) is 2.39. The summed E-state index contributed by atoms with van der Waals surface area (Å²) in [5, 5.41) is 3.40. The zero-order chi connectivity index (χ0) is 10.8. The second-order valence-electron chi connectivity index (χ2n) is 3.92. The third-order valence-electron chi connectivity index (χ3n) is 2.83. The Bertz CT molecular complexity index is 457. The monoisotopic (exact) mass is 211 g/mol. The molecule has 1 aliphatic heterocycles. The van der Waals surface area contributed by atoms with Crippen molar-refractivity contribution in [2.75, 3.05) is 6.61 Å². The predicted molar refractivity (Wildman–Crippen MR) is 63.6 cm³/mol. The minimum atomic E-state index is 0.270. The first-order valence-electron chi connectivity index (χ1n) is 5.47. The standard InChI is InChI=1S/C14H13NO/c1-2-6-11(7-3-1)13-10-16-14(15-13)12-8-4-5-9-12/h1-9,13,15H,10H2. The maximum absolute atomic E-state index is 5.67. The van der Waals surface area contributed by atoms with Crippen LogP contribution in [0.25, 0.3) is 0 Å². The first kappa shape index (κ1) is 9.28. The summed E-state index contributed by atoms with van der Waals surface area (Å²) in [6.07, 6.45) is 8.14. The summed E-state index contributed by atoms with van der Waals surface area (Å²) in [6, 6.07) is 10.6. The number of ether oxygens (including phenoxy) is 1. The van der Waals surface area contributed by atoms with Crippen LogP contribution in [-0.4, -0.2) is 6.61 Å². The van der Waals surface area contributed by atoms with E-state index in [9.17, 15) is 0 Å². The fraction of sp³-hybridized carbons (Fsp3) is 0.143. The Morgan fingerprint density at radius 1 is 1.06 bits per heavy atom. The Labute approximate surface area is 94.9 Å². The van der Waals surface area contributed by atoms with E-state index < -0.39 is 0 Å². The lowest BCUT2D eigenvalue weighted by Crippen LogP contribution is -2.14. The van der Waals surface area contributed by atoms with E-state index in [0.29, 0.717) is 6.61 Å². The van der Waals surface area contributed by atoms with Gasteiger partial charge in [0.15, 0.2) is 5.88 Å². The van der Waals surface area contributed by atoms with Crippen molar-refractivity contribution in [2.45, 2.75) is 6.04 Å². The van der Waals surface area contributed by atoms with Gasteiger partial charge < -0.3 is 10.1 Å². The van der Waals surface area contributed by atoms with Crippen LogP contribution >= 0.6 is 0 Å². The smallest absolute Gasteiger partial charge is 0.194 e. The van der Waals surface area contributed by atoms with Gasteiger partial charge in [0.1, 0.15) is 6.61 Å². The van der Waals surface area contributed by atoms with Gasteiger partial charge in [-0.3, -0.25) is 0 Å². The van der Waals surface area contributed by atoms with Crippen LogP contribution in [0.2, 0.25) is 0 Å². The highest BCUT2D eigenvalue weighted by Gasteiger charge is 2.22. The Kier molecular flexibility index (Phi) is 2.26. The van der Waals surface area contributed by atoms with E-state index in [4.69, 9.17) is 4.74 Å². The molecule has 1 unspecified atom stereocenters. The molecule has 1 heterocycles.